The van der Waals surface area contributed by atoms with Crippen LogP contribution in [0.2, 0.25) is 0 Å². The number of hydrogen-bond acceptors (Lipinski definition) is 3. The second-order valence-corrected chi connectivity index (χ2v) is 6.17. The molecular weight excluding hydrogens is 293 g/mol. The number of carbonyl (C=O) groups excluding carboxylic acids is 1. The van der Waals surface area contributed by atoms with Crippen molar-refractivity contribution < 1.29 is 19.1 Å². The molecule has 0 aliphatic rings. The molecule has 1 aromatic rings. The Hall–Kier alpha value is -1.56. The molecule has 1 amide bonds. The van der Waals surface area contributed by atoms with Gasteiger partial charge in [-0.2, -0.15) is 0 Å². The molecule has 0 aliphatic heterocycles. The van der Waals surface area contributed by atoms with Crippen molar-refractivity contribution in [1.29, 1.82) is 0 Å². The number of rotatable bonds is 7. The van der Waals surface area contributed by atoms with Crippen LogP contribution in [0.4, 0.5) is 4.39 Å². The quantitative estimate of drug-likeness (QED) is 0.786. The van der Waals surface area contributed by atoms with Crippen molar-refractivity contribution in [2.75, 3.05) is 12.3 Å². The minimum absolute atomic E-state index is 0.170. The summed E-state index contributed by atoms with van der Waals surface area (Å²) in [4.78, 5) is 25.2. The van der Waals surface area contributed by atoms with E-state index < -0.39 is 11.5 Å². The first-order chi connectivity index (χ1) is 9.80. The molecule has 116 valence electrons. The molecule has 0 aromatic heterocycles. The zero-order chi connectivity index (χ0) is 16.0. The molecule has 0 atom stereocenters. The maximum atomic E-state index is 13.4. The fourth-order valence-electron chi connectivity index (χ4n) is 1.94. The molecule has 0 saturated carbocycles. The van der Waals surface area contributed by atoms with Gasteiger partial charge in [-0.25, -0.2) is 9.18 Å². The van der Waals surface area contributed by atoms with E-state index in [0.717, 1.165) is 0 Å². The van der Waals surface area contributed by atoms with E-state index in [-0.39, 0.29) is 18.1 Å². The number of carboxylic acid groups (broad SMARTS) is 1. The topological polar surface area (TPSA) is 57.6 Å². The Morgan fingerprint density at radius 1 is 1.33 bits per heavy atom. The number of benzene rings is 1. The van der Waals surface area contributed by atoms with Gasteiger partial charge in [0.15, 0.2) is 0 Å². The van der Waals surface area contributed by atoms with Gasteiger partial charge in [0.05, 0.1) is 0 Å². The third-order valence-corrected chi connectivity index (χ3v) is 4.28. The third-order valence-electron chi connectivity index (χ3n) is 3.23. The lowest BCUT2D eigenvalue weighted by Crippen LogP contribution is -2.53. The van der Waals surface area contributed by atoms with Crippen LogP contribution < -0.4 is 0 Å². The average molecular weight is 313 g/mol. The fourth-order valence-corrected chi connectivity index (χ4v) is 2.82. The molecular formula is C15H20FNO3S. The van der Waals surface area contributed by atoms with Crippen LogP contribution in [0, 0.1) is 5.82 Å². The molecule has 4 nitrogen and oxygen atoms in total. The summed E-state index contributed by atoms with van der Waals surface area (Å²) in [5.74, 6) is -1.19. The molecule has 0 unspecified atom stereocenters. The van der Waals surface area contributed by atoms with E-state index >= 15 is 0 Å². The van der Waals surface area contributed by atoms with Crippen molar-refractivity contribution in [3.8, 4) is 0 Å². The molecule has 21 heavy (non-hydrogen) atoms. The summed E-state index contributed by atoms with van der Waals surface area (Å²) in [6.45, 7) is 5.07. The smallest absolute Gasteiger partial charge is 0.329 e. The lowest BCUT2D eigenvalue weighted by Gasteiger charge is -2.34. The largest absolute Gasteiger partial charge is 0.480 e. The molecule has 0 spiro atoms. The van der Waals surface area contributed by atoms with Crippen LogP contribution in [-0.4, -0.2) is 39.7 Å². The summed E-state index contributed by atoms with van der Waals surface area (Å²) >= 11 is 1.25. The van der Waals surface area contributed by atoms with Crippen molar-refractivity contribution in [1.82, 2.24) is 4.90 Å². The molecule has 0 heterocycles. The number of halogens is 1. The zero-order valence-corrected chi connectivity index (χ0v) is 13.2. The molecule has 6 heteroatoms. The maximum Gasteiger partial charge on any atom is 0.329 e. The van der Waals surface area contributed by atoms with E-state index in [2.05, 4.69) is 0 Å². The van der Waals surface area contributed by atoms with Gasteiger partial charge < -0.3 is 10.0 Å². The first kappa shape index (κ1) is 17.5. The summed E-state index contributed by atoms with van der Waals surface area (Å²) in [5.41, 5.74) is -1.24. The number of carboxylic acids is 1. The Bertz CT molecular complexity index is 519. The summed E-state index contributed by atoms with van der Waals surface area (Å²) in [7, 11) is 0. The highest BCUT2D eigenvalue weighted by Crippen LogP contribution is 2.23. The van der Waals surface area contributed by atoms with Gasteiger partial charge in [0.1, 0.15) is 11.4 Å². The van der Waals surface area contributed by atoms with Crippen LogP contribution in [0.15, 0.2) is 29.2 Å². The van der Waals surface area contributed by atoms with Gasteiger partial charge in [0.25, 0.3) is 0 Å². The lowest BCUT2D eigenvalue weighted by molar-refractivity contribution is -0.156. The molecule has 0 bridgehead atoms. The van der Waals surface area contributed by atoms with Gasteiger partial charge in [-0.1, -0.05) is 12.1 Å². The van der Waals surface area contributed by atoms with Gasteiger partial charge in [0, 0.05) is 23.6 Å². The molecule has 0 radical (unpaired) electrons. The number of thioether (sulfide) groups is 1. The van der Waals surface area contributed by atoms with E-state index in [1.807, 2.05) is 0 Å². The lowest BCUT2D eigenvalue weighted by atomic mass is 10.0. The predicted octanol–water partition coefficient (Wildman–Crippen LogP) is 3.02. The van der Waals surface area contributed by atoms with Crippen molar-refractivity contribution in [3.05, 3.63) is 30.1 Å². The molecule has 1 N–H and O–H groups in total. The molecule has 0 aliphatic carbocycles. The summed E-state index contributed by atoms with van der Waals surface area (Å²) < 4.78 is 13.4. The van der Waals surface area contributed by atoms with E-state index in [9.17, 15) is 19.1 Å². The summed E-state index contributed by atoms with van der Waals surface area (Å²) in [5, 5.41) is 9.18. The second kappa shape index (κ2) is 7.45. The maximum absolute atomic E-state index is 13.4. The number of hydrogen-bond donors (Lipinski definition) is 1. The highest BCUT2D eigenvalue weighted by molar-refractivity contribution is 7.99. The van der Waals surface area contributed by atoms with Crippen molar-refractivity contribution >= 4 is 23.6 Å². The second-order valence-electron chi connectivity index (χ2n) is 5.03. The van der Waals surface area contributed by atoms with Gasteiger partial charge in [-0.15, -0.1) is 11.8 Å². The third kappa shape index (κ3) is 4.46. The highest BCUT2D eigenvalue weighted by Gasteiger charge is 2.36. The normalized spacial score (nSPS) is 11.2. The number of amides is 1. The van der Waals surface area contributed by atoms with Crippen molar-refractivity contribution in [2.45, 2.75) is 37.6 Å². The fraction of sp³-hybridized carbons (Fsp3) is 0.467. The molecule has 1 aromatic carbocycles. The number of nitrogens with zero attached hydrogens (tertiary/aromatic N) is 1. The van der Waals surface area contributed by atoms with Gasteiger partial charge in [-0.05, 0) is 32.9 Å². The Balaban J connectivity index is 2.60. The minimum Gasteiger partial charge on any atom is -0.480 e. The Morgan fingerprint density at radius 2 is 1.95 bits per heavy atom. The Kier molecular flexibility index (Phi) is 6.20. The van der Waals surface area contributed by atoms with Crippen LogP contribution in [0.5, 0.6) is 0 Å². The Labute approximate surface area is 128 Å². The first-order valence-electron chi connectivity index (χ1n) is 6.72. The van der Waals surface area contributed by atoms with E-state index in [1.165, 1.54) is 36.6 Å². The van der Waals surface area contributed by atoms with Crippen LogP contribution in [0.1, 0.15) is 27.2 Å². The van der Waals surface area contributed by atoms with Crippen LogP contribution in [0.3, 0.4) is 0 Å². The molecule has 0 saturated heterocycles. The van der Waals surface area contributed by atoms with E-state index in [0.29, 0.717) is 17.2 Å². The summed E-state index contributed by atoms with van der Waals surface area (Å²) in [6.07, 6.45) is 0.170. The minimum atomic E-state index is -1.24. The monoisotopic (exact) mass is 313 g/mol. The first-order valence-corrected chi connectivity index (χ1v) is 7.70. The van der Waals surface area contributed by atoms with Crippen molar-refractivity contribution in [2.24, 2.45) is 0 Å². The predicted molar refractivity (Wildman–Crippen MR) is 80.8 cm³/mol. The van der Waals surface area contributed by atoms with Crippen LogP contribution >= 0.6 is 11.8 Å². The number of carbonyl (C=O) groups is 2. The molecule has 0 fully saturated rings. The van der Waals surface area contributed by atoms with Gasteiger partial charge in [-0.3, -0.25) is 4.79 Å². The SMILES string of the molecule is CCN(C(=O)CCSc1ccccc1F)C(C)(C)C(=O)O. The van der Waals surface area contributed by atoms with Crippen LogP contribution in [0.25, 0.3) is 0 Å². The van der Waals surface area contributed by atoms with Gasteiger partial charge >= 0.3 is 5.97 Å². The number of likely N-dealkylation sites (N-methyl/N-ethyl adjacent to an activating group) is 1. The Morgan fingerprint density at radius 3 is 2.48 bits per heavy atom. The molecule has 1 rings (SSSR count). The van der Waals surface area contributed by atoms with Gasteiger partial charge in [0.2, 0.25) is 5.91 Å². The standard InChI is InChI=1S/C15H20FNO3S/c1-4-17(15(2,3)14(19)20)13(18)9-10-21-12-8-6-5-7-11(12)16/h5-8H,4,9-10H2,1-3H3,(H,19,20). The van der Waals surface area contributed by atoms with Crippen molar-refractivity contribution in [3.63, 3.8) is 0 Å². The summed E-state index contributed by atoms with van der Waals surface area (Å²) in [6, 6.07) is 6.37. The number of aliphatic carboxylic acids is 1. The average Bonchev–Trinajstić information content (AvgIpc) is 2.41. The van der Waals surface area contributed by atoms with E-state index in [1.54, 1.807) is 25.1 Å². The van der Waals surface area contributed by atoms with E-state index in [4.69, 9.17) is 0 Å². The highest BCUT2D eigenvalue weighted by atomic mass is 32.2. The van der Waals surface area contributed by atoms with Crippen LogP contribution in [-0.2, 0) is 9.59 Å². The zero-order valence-electron chi connectivity index (χ0n) is 12.4.